The molecule has 1 fully saturated rings. The Balaban J connectivity index is 1.79. The van der Waals surface area contributed by atoms with E-state index in [2.05, 4.69) is 20.7 Å². The lowest BCUT2D eigenvalue weighted by Gasteiger charge is -2.35. The second-order valence-corrected chi connectivity index (χ2v) is 9.18. The van der Waals surface area contributed by atoms with Crippen molar-refractivity contribution in [2.24, 2.45) is 0 Å². The van der Waals surface area contributed by atoms with Crippen LogP contribution in [-0.4, -0.2) is 51.1 Å². The first-order valence-electron chi connectivity index (χ1n) is 8.71. The minimum Gasteiger partial charge on any atom is -0.486 e. The number of piperidine rings is 1. The first-order chi connectivity index (χ1) is 12.3. The molecular weight excluding hydrogens is 424 g/mol. The Morgan fingerprint density at radius 3 is 2.58 bits per heavy atom. The summed E-state index contributed by atoms with van der Waals surface area (Å²) in [6.07, 6.45) is 2.98. The van der Waals surface area contributed by atoms with Gasteiger partial charge in [-0.15, -0.1) is 0 Å². The molecule has 0 bridgehead atoms. The predicted molar refractivity (Wildman–Crippen MR) is 99.9 cm³/mol. The van der Waals surface area contributed by atoms with Gasteiger partial charge in [0.15, 0.2) is 11.5 Å². The van der Waals surface area contributed by atoms with E-state index in [0.29, 0.717) is 35.7 Å². The van der Waals surface area contributed by atoms with Crippen molar-refractivity contribution in [1.82, 2.24) is 9.62 Å². The topological polar surface area (TPSA) is 84.9 Å². The molecular formula is C17H23BrN2O5S. The fourth-order valence-electron chi connectivity index (χ4n) is 3.27. The Bertz CT molecular complexity index is 799. The fraction of sp³-hybridized carbons (Fsp3) is 0.588. The summed E-state index contributed by atoms with van der Waals surface area (Å²) in [6, 6.07) is 2.27. The highest BCUT2D eigenvalue weighted by Crippen LogP contribution is 2.37. The first-order valence-corrected chi connectivity index (χ1v) is 11.0. The van der Waals surface area contributed by atoms with E-state index in [1.54, 1.807) is 17.9 Å². The van der Waals surface area contributed by atoms with Gasteiger partial charge in [-0.3, -0.25) is 4.79 Å². The molecule has 3 rings (SSSR count). The van der Waals surface area contributed by atoms with Crippen LogP contribution in [0, 0.1) is 0 Å². The average molecular weight is 447 g/mol. The zero-order chi connectivity index (χ0) is 18.9. The van der Waals surface area contributed by atoms with Crippen molar-refractivity contribution in [2.45, 2.75) is 50.1 Å². The molecule has 2 unspecified atom stereocenters. The van der Waals surface area contributed by atoms with Crippen LogP contribution in [0.2, 0.25) is 0 Å². The van der Waals surface area contributed by atoms with E-state index < -0.39 is 16.1 Å². The molecule has 1 aromatic rings. The summed E-state index contributed by atoms with van der Waals surface area (Å²) in [4.78, 5) is 14.5. The van der Waals surface area contributed by atoms with Gasteiger partial charge in [-0.1, -0.05) is 0 Å². The summed E-state index contributed by atoms with van der Waals surface area (Å²) in [5, 5.41) is 0. The van der Waals surface area contributed by atoms with E-state index >= 15 is 0 Å². The Morgan fingerprint density at radius 2 is 1.92 bits per heavy atom. The van der Waals surface area contributed by atoms with Crippen LogP contribution in [-0.2, 0) is 14.8 Å². The lowest BCUT2D eigenvalue weighted by Crippen LogP contribution is -2.51. The number of carbonyl (C=O) groups is 1. The Kier molecular flexibility index (Phi) is 5.78. The Labute approximate surface area is 162 Å². The molecule has 0 radical (unpaired) electrons. The maximum atomic E-state index is 12.8. The number of hydrogen-bond donors (Lipinski definition) is 1. The molecule has 7 nitrogen and oxygen atoms in total. The van der Waals surface area contributed by atoms with E-state index in [9.17, 15) is 13.2 Å². The van der Waals surface area contributed by atoms with Crippen molar-refractivity contribution in [3.63, 3.8) is 0 Å². The molecule has 2 aliphatic rings. The minimum absolute atomic E-state index is 0.0214. The molecule has 1 N–H and O–H groups in total. The van der Waals surface area contributed by atoms with Gasteiger partial charge in [0.1, 0.15) is 18.1 Å². The summed E-state index contributed by atoms with van der Waals surface area (Å²) in [5.41, 5.74) is 0. The lowest BCUT2D eigenvalue weighted by molar-refractivity contribution is -0.135. The minimum atomic E-state index is -3.90. The van der Waals surface area contributed by atoms with Crippen LogP contribution in [0.15, 0.2) is 21.5 Å². The number of fused-ring (bicyclic) bond motifs is 1. The number of likely N-dealkylation sites (tertiary alicyclic amines) is 1. The quantitative estimate of drug-likeness (QED) is 0.766. The van der Waals surface area contributed by atoms with Crippen molar-refractivity contribution in [1.29, 1.82) is 0 Å². The summed E-state index contributed by atoms with van der Waals surface area (Å²) in [5.74, 6) is 0.672. The van der Waals surface area contributed by atoms with Crippen LogP contribution >= 0.6 is 15.9 Å². The molecule has 0 saturated carbocycles. The van der Waals surface area contributed by atoms with Gasteiger partial charge < -0.3 is 14.4 Å². The molecule has 0 spiro atoms. The van der Waals surface area contributed by atoms with E-state index in [1.807, 2.05) is 6.92 Å². The number of benzene rings is 1. The van der Waals surface area contributed by atoms with Crippen molar-refractivity contribution in [3.8, 4) is 11.5 Å². The molecule has 2 aliphatic heterocycles. The maximum absolute atomic E-state index is 12.8. The summed E-state index contributed by atoms with van der Waals surface area (Å²) in [7, 11) is -3.90. The smallest absolute Gasteiger partial charge is 0.242 e. The van der Waals surface area contributed by atoms with Crippen LogP contribution in [0.1, 0.15) is 33.1 Å². The SMILES string of the molecule is CC(NS(=O)(=O)c1cc2c(cc1Br)OCCO2)C(=O)N1CCCCC1C. The maximum Gasteiger partial charge on any atom is 0.242 e. The van der Waals surface area contributed by atoms with Gasteiger partial charge in [0.2, 0.25) is 15.9 Å². The molecule has 1 aromatic carbocycles. The van der Waals surface area contributed by atoms with Gasteiger partial charge in [-0.25, -0.2) is 8.42 Å². The van der Waals surface area contributed by atoms with Crippen molar-refractivity contribution < 1.29 is 22.7 Å². The van der Waals surface area contributed by atoms with Gasteiger partial charge in [0.25, 0.3) is 0 Å². The summed E-state index contributed by atoms with van der Waals surface area (Å²) < 4.78 is 39.4. The highest BCUT2D eigenvalue weighted by Gasteiger charge is 2.31. The first kappa shape index (κ1) is 19.4. The number of sulfonamides is 1. The van der Waals surface area contributed by atoms with Gasteiger partial charge in [0, 0.05) is 23.1 Å². The van der Waals surface area contributed by atoms with E-state index in [0.717, 1.165) is 19.3 Å². The number of amides is 1. The number of rotatable bonds is 4. The van der Waals surface area contributed by atoms with Crippen molar-refractivity contribution >= 4 is 31.9 Å². The molecule has 26 heavy (non-hydrogen) atoms. The monoisotopic (exact) mass is 446 g/mol. The number of nitrogens with zero attached hydrogens (tertiary/aromatic N) is 1. The van der Waals surface area contributed by atoms with Gasteiger partial charge in [0.05, 0.1) is 6.04 Å². The van der Waals surface area contributed by atoms with Gasteiger partial charge in [-0.05, 0) is 55.1 Å². The zero-order valence-corrected chi connectivity index (χ0v) is 17.2. The lowest BCUT2D eigenvalue weighted by atomic mass is 10.0. The van der Waals surface area contributed by atoms with Crippen LogP contribution in [0.25, 0.3) is 0 Å². The highest BCUT2D eigenvalue weighted by atomic mass is 79.9. The summed E-state index contributed by atoms with van der Waals surface area (Å²) in [6.45, 7) is 5.02. The molecule has 1 saturated heterocycles. The zero-order valence-electron chi connectivity index (χ0n) is 14.8. The number of carbonyl (C=O) groups excluding carboxylic acids is 1. The number of ether oxygens (including phenoxy) is 2. The standard InChI is InChI=1S/C17H23BrN2O5S/c1-11-5-3-4-6-20(11)17(21)12(2)19-26(22,23)16-10-15-14(9-13(16)18)24-7-8-25-15/h9-12,19H,3-8H2,1-2H3. The second-order valence-electron chi connectivity index (χ2n) is 6.65. The van der Waals surface area contributed by atoms with Gasteiger partial charge in [-0.2, -0.15) is 4.72 Å². The Hall–Kier alpha value is -1.32. The molecule has 0 aromatic heterocycles. The summed E-state index contributed by atoms with van der Waals surface area (Å²) >= 11 is 3.27. The normalized spacial score (nSPS) is 21.3. The van der Waals surface area contributed by atoms with Crippen LogP contribution in [0.3, 0.4) is 0 Å². The second kappa shape index (κ2) is 7.74. The fourth-order valence-corrected chi connectivity index (χ4v) is 5.50. The van der Waals surface area contributed by atoms with Crippen LogP contribution in [0.4, 0.5) is 0 Å². The van der Waals surface area contributed by atoms with Crippen LogP contribution in [0.5, 0.6) is 11.5 Å². The molecule has 1 amide bonds. The number of nitrogens with one attached hydrogen (secondary N) is 1. The van der Waals surface area contributed by atoms with E-state index in [4.69, 9.17) is 9.47 Å². The molecule has 0 aliphatic carbocycles. The number of hydrogen-bond acceptors (Lipinski definition) is 5. The number of halogens is 1. The van der Waals surface area contributed by atoms with Crippen LogP contribution < -0.4 is 14.2 Å². The third-order valence-electron chi connectivity index (χ3n) is 4.67. The molecule has 2 atom stereocenters. The molecule has 2 heterocycles. The van der Waals surface area contributed by atoms with E-state index in [-0.39, 0.29) is 16.8 Å². The third kappa shape index (κ3) is 3.99. The largest absolute Gasteiger partial charge is 0.486 e. The molecule has 9 heteroatoms. The average Bonchev–Trinajstić information content (AvgIpc) is 2.60. The third-order valence-corrected chi connectivity index (χ3v) is 7.17. The van der Waals surface area contributed by atoms with Crippen molar-refractivity contribution in [2.75, 3.05) is 19.8 Å². The van der Waals surface area contributed by atoms with E-state index in [1.165, 1.54) is 6.07 Å². The van der Waals surface area contributed by atoms with Gasteiger partial charge >= 0.3 is 0 Å². The predicted octanol–water partition coefficient (Wildman–Crippen LogP) is 2.29. The van der Waals surface area contributed by atoms with Crippen molar-refractivity contribution in [3.05, 3.63) is 16.6 Å². The molecule has 144 valence electrons. The highest BCUT2D eigenvalue weighted by molar-refractivity contribution is 9.10. The Morgan fingerprint density at radius 1 is 1.27 bits per heavy atom.